The van der Waals surface area contributed by atoms with Crippen molar-refractivity contribution in [3.05, 3.63) is 83.7 Å². The fourth-order valence-electron chi connectivity index (χ4n) is 3.03. The van der Waals surface area contributed by atoms with E-state index in [1.807, 2.05) is 0 Å². The van der Waals surface area contributed by atoms with Crippen molar-refractivity contribution in [1.29, 1.82) is 0 Å². The van der Waals surface area contributed by atoms with E-state index in [1.54, 1.807) is 30.3 Å². The van der Waals surface area contributed by atoms with Gasteiger partial charge in [-0.2, -0.15) is 13.2 Å². The zero-order valence-corrected chi connectivity index (χ0v) is 19.7. The maximum absolute atomic E-state index is 14.1. The van der Waals surface area contributed by atoms with Gasteiger partial charge < -0.3 is 15.2 Å². The Hall–Kier alpha value is -3.25. The summed E-state index contributed by atoms with van der Waals surface area (Å²) in [7, 11) is -3.88. The minimum atomic E-state index is -4.47. The number of carbonyl (C=O) groups excluding carboxylic acids is 1. The van der Waals surface area contributed by atoms with Gasteiger partial charge in [0.1, 0.15) is 28.8 Å². The van der Waals surface area contributed by atoms with Crippen LogP contribution in [0.15, 0.2) is 71.6 Å². The Bertz CT molecular complexity index is 1300. The van der Waals surface area contributed by atoms with E-state index in [9.17, 15) is 35.9 Å². The SMILES string of the molecule is CS(=O)(=O)c1cc(NC(=O)c2ccc(OCC(SC(F)(F)F)c3ccccc3)cc2)c(F)cc1O. The molecule has 0 saturated heterocycles. The molecule has 0 fully saturated rings. The van der Waals surface area contributed by atoms with Crippen LogP contribution in [0.2, 0.25) is 0 Å². The van der Waals surface area contributed by atoms with Gasteiger partial charge in [0.15, 0.2) is 9.84 Å². The molecule has 3 rings (SSSR count). The Morgan fingerprint density at radius 2 is 1.71 bits per heavy atom. The summed E-state index contributed by atoms with van der Waals surface area (Å²) < 4.78 is 82.0. The number of nitrogens with one attached hydrogen (secondary N) is 1. The summed E-state index contributed by atoms with van der Waals surface area (Å²) in [5.41, 5.74) is -4.43. The maximum Gasteiger partial charge on any atom is 0.442 e. The van der Waals surface area contributed by atoms with E-state index in [0.717, 1.165) is 12.3 Å². The molecule has 35 heavy (non-hydrogen) atoms. The standard InChI is InChI=1S/C23H19F4NO5S2/c1-35(31,32)21-12-18(17(24)11-19(21)29)28-22(30)15-7-9-16(10-8-15)33-13-20(34-23(25,26)27)14-5-3-2-4-6-14/h2-12,20,29H,13H2,1H3,(H,28,30). The number of phenols is 1. The molecule has 0 saturated carbocycles. The monoisotopic (exact) mass is 529 g/mol. The second kappa shape index (κ2) is 10.6. The van der Waals surface area contributed by atoms with Crippen molar-refractivity contribution in [3.8, 4) is 11.5 Å². The minimum Gasteiger partial charge on any atom is -0.506 e. The molecular formula is C23H19F4NO5S2. The average molecular weight is 530 g/mol. The van der Waals surface area contributed by atoms with Crippen LogP contribution in [0.3, 0.4) is 0 Å². The topological polar surface area (TPSA) is 92.7 Å². The Morgan fingerprint density at radius 3 is 2.29 bits per heavy atom. The summed E-state index contributed by atoms with van der Waals surface area (Å²) in [6.45, 7) is -0.285. The van der Waals surface area contributed by atoms with Gasteiger partial charge in [-0.3, -0.25) is 4.79 Å². The predicted molar refractivity (Wildman–Crippen MR) is 124 cm³/mol. The number of hydrogen-bond donors (Lipinski definition) is 2. The molecule has 1 atom stereocenters. The van der Waals surface area contributed by atoms with Crippen LogP contribution in [0.1, 0.15) is 21.2 Å². The molecule has 0 aliphatic rings. The lowest BCUT2D eigenvalue weighted by Crippen LogP contribution is -2.14. The van der Waals surface area contributed by atoms with Crippen molar-refractivity contribution in [3.63, 3.8) is 0 Å². The summed E-state index contributed by atoms with van der Waals surface area (Å²) in [6.07, 6.45) is 0.819. The van der Waals surface area contributed by atoms with Gasteiger partial charge in [0.05, 0.1) is 10.9 Å². The lowest BCUT2D eigenvalue weighted by molar-refractivity contribution is -0.0337. The van der Waals surface area contributed by atoms with Gasteiger partial charge in [-0.15, -0.1) is 0 Å². The Balaban J connectivity index is 1.70. The van der Waals surface area contributed by atoms with Gasteiger partial charge in [-0.1, -0.05) is 30.3 Å². The van der Waals surface area contributed by atoms with E-state index in [4.69, 9.17) is 4.74 Å². The fourth-order valence-corrected chi connectivity index (χ4v) is 4.55. The number of aromatic hydroxyl groups is 1. The molecule has 186 valence electrons. The molecule has 0 spiro atoms. The molecule has 1 unspecified atom stereocenters. The second-order valence-corrected chi connectivity index (χ2v) is 10.6. The number of rotatable bonds is 8. The number of benzene rings is 3. The van der Waals surface area contributed by atoms with Gasteiger partial charge in [0.25, 0.3) is 5.91 Å². The van der Waals surface area contributed by atoms with Gasteiger partial charge >= 0.3 is 5.51 Å². The van der Waals surface area contributed by atoms with E-state index in [-0.39, 0.29) is 29.7 Å². The lowest BCUT2D eigenvalue weighted by atomic mass is 10.1. The normalized spacial score (nSPS) is 12.7. The molecular weight excluding hydrogens is 510 g/mol. The zero-order valence-electron chi connectivity index (χ0n) is 18.0. The van der Waals surface area contributed by atoms with Crippen LogP contribution in [-0.2, 0) is 9.84 Å². The molecule has 0 aromatic heterocycles. The molecule has 0 aliphatic carbocycles. The summed E-state index contributed by atoms with van der Waals surface area (Å²) in [4.78, 5) is 11.9. The van der Waals surface area contributed by atoms with Crippen molar-refractivity contribution in [2.45, 2.75) is 15.7 Å². The highest BCUT2D eigenvalue weighted by Gasteiger charge is 2.34. The molecule has 12 heteroatoms. The third-order valence-corrected chi connectivity index (χ3v) is 6.75. The van der Waals surface area contributed by atoms with E-state index < -0.39 is 48.7 Å². The number of halogens is 4. The van der Waals surface area contributed by atoms with E-state index in [0.29, 0.717) is 11.6 Å². The first kappa shape index (κ1) is 26.4. The van der Waals surface area contributed by atoms with Crippen molar-refractivity contribution in [2.24, 2.45) is 0 Å². The predicted octanol–water partition coefficient (Wildman–Crippen LogP) is 5.56. The molecule has 0 aliphatic heterocycles. The highest BCUT2D eigenvalue weighted by atomic mass is 32.2. The molecule has 0 heterocycles. The number of sulfone groups is 1. The van der Waals surface area contributed by atoms with Crippen molar-refractivity contribution in [1.82, 2.24) is 0 Å². The van der Waals surface area contributed by atoms with Crippen LogP contribution in [-0.4, -0.2) is 37.8 Å². The first-order valence-electron chi connectivity index (χ1n) is 9.90. The highest BCUT2D eigenvalue weighted by molar-refractivity contribution is 8.00. The quantitative estimate of drug-likeness (QED) is 0.226. The molecule has 0 bridgehead atoms. The first-order valence-corrected chi connectivity index (χ1v) is 12.7. The number of thioether (sulfide) groups is 1. The third-order valence-electron chi connectivity index (χ3n) is 4.66. The number of amides is 1. The zero-order chi connectivity index (χ0) is 25.8. The van der Waals surface area contributed by atoms with Crippen LogP contribution >= 0.6 is 11.8 Å². The van der Waals surface area contributed by atoms with Crippen LogP contribution in [0.4, 0.5) is 23.2 Å². The average Bonchev–Trinajstić information content (AvgIpc) is 2.77. The van der Waals surface area contributed by atoms with Gasteiger partial charge in [-0.05, 0) is 47.7 Å². The van der Waals surface area contributed by atoms with E-state index in [2.05, 4.69) is 5.32 Å². The van der Waals surface area contributed by atoms with Crippen LogP contribution in [0, 0.1) is 5.82 Å². The number of alkyl halides is 3. The van der Waals surface area contributed by atoms with Gasteiger partial charge in [0, 0.05) is 17.9 Å². The number of anilines is 1. The smallest absolute Gasteiger partial charge is 0.442 e. The molecule has 2 N–H and O–H groups in total. The van der Waals surface area contributed by atoms with E-state index in [1.165, 1.54) is 24.3 Å². The van der Waals surface area contributed by atoms with Crippen LogP contribution in [0.5, 0.6) is 11.5 Å². The van der Waals surface area contributed by atoms with Crippen LogP contribution < -0.4 is 10.1 Å². The largest absolute Gasteiger partial charge is 0.506 e. The molecule has 3 aromatic rings. The van der Waals surface area contributed by atoms with Crippen molar-refractivity contribution < 1.29 is 40.6 Å². The molecule has 6 nitrogen and oxygen atoms in total. The summed E-state index contributed by atoms with van der Waals surface area (Å²) in [5, 5.41) is 10.9. The Morgan fingerprint density at radius 1 is 1.09 bits per heavy atom. The second-order valence-electron chi connectivity index (χ2n) is 7.32. The van der Waals surface area contributed by atoms with Gasteiger partial charge in [0.2, 0.25) is 0 Å². The van der Waals surface area contributed by atoms with Gasteiger partial charge in [-0.25, -0.2) is 12.8 Å². The maximum atomic E-state index is 14.1. The molecule has 1 amide bonds. The number of ether oxygens (including phenoxy) is 1. The molecule has 3 aromatic carbocycles. The summed E-state index contributed by atoms with van der Waals surface area (Å²) in [6, 6.07) is 14.8. The lowest BCUT2D eigenvalue weighted by Gasteiger charge is -2.19. The fraction of sp³-hybridized carbons (Fsp3) is 0.174. The summed E-state index contributed by atoms with van der Waals surface area (Å²) >= 11 is -0.197. The van der Waals surface area contributed by atoms with Crippen molar-refractivity contribution >= 4 is 33.2 Å². The number of phenolic OH excluding ortho intramolecular Hbond substituents is 1. The Kier molecular flexibility index (Phi) is 7.96. The summed E-state index contributed by atoms with van der Waals surface area (Å²) in [5.74, 6) is -2.41. The number of hydrogen-bond acceptors (Lipinski definition) is 6. The van der Waals surface area contributed by atoms with Crippen molar-refractivity contribution in [2.75, 3.05) is 18.2 Å². The minimum absolute atomic E-state index is 0.0509. The highest BCUT2D eigenvalue weighted by Crippen LogP contribution is 2.42. The third kappa shape index (κ3) is 7.36. The van der Waals surface area contributed by atoms with E-state index >= 15 is 0 Å². The molecule has 0 radical (unpaired) electrons. The van der Waals surface area contributed by atoms with Crippen LogP contribution in [0.25, 0.3) is 0 Å². The number of carbonyl (C=O) groups is 1. The Labute approximate surface area is 202 Å². The first-order chi connectivity index (χ1) is 16.3.